The topological polar surface area (TPSA) is 15.3 Å². The first kappa shape index (κ1) is 13.6. The minimum absolute atomic E-state index is 0.374. The Hall–Kier alpha value is -0.340. The highest BCUT2D eigenvalue weighted by Crippen LogP contribution is 2.36. The van der Waals surface area contributed by atoms with E-state index >= 15 is 0 Å². The summed E-state index contributed by atoms with van der Waals surface area (Å²) in [6.07, 6.45) is 9.49. The summed E-state index contributed by atoms with van der Waals surface area (Å²) in [6.45, 7) is 10.8. The van der Waals surface area contributed by atoms with Crippen LogP contribution in [0.3, 0.4) is 0 Å². The number of hydrogen-bond acceptors (Lipinski definition) is 2. The van der Waals surface area contributed by atoms with Crippen molar-refractivity contribution in [1.29, 1.82) is 0 Å². The Morgan fingerprint density at radius 3 is 2.47 bits per heavy atom. The zero-order chi connectivity index (χ0) is 13.5. The molecule has 19 heavy (non-hydrogen) atoms. The molecule has 108 valence electrons. The normalized spacial score (nSPS) is 32.9. The summed E-state index contributed by atoms with van der Waals surface area (Å²) < 4.78 is 0. The predicted molar refractivity (Wildman–Crippen MR) is 81.3 cm³/mol. The van der Waals surface area contributed by atoms with Crippen LogP contribution in [0.15, 0.2) is 11.6 Å². The molecule has 0 amide bonds. The molecule has 0 aromatic heterocycles. The maximum Gasteiger partial charge on any atom is 0.0169 e. The number of hydrogen-bond donors (Lipinski definition) is 1. The average Bonchev–Trinajstić information content (AvgIpc) is 3.11. The van der Waals surface area contributed by atoms with Crippen LogP contribution in [-0.4, -0.2) is 36.6 Å². The van der Waals surface area contributed by atoms with Gasteiger partial charge in [0.15, 0.2) is 0 Å². The Balaban J connectivity index is 1.49. The lowest BCUT2D eigenvalue weighted by atomic mass is 9.76. The van der Waals surface area contributed by atoms with E-state index in [-0.39, 0.29) is 0 Å². The van der Waals surface area contributed by atoms with E-state index in [9.17, 15) is 0 Å². The van der Waals surface area contributed by atoms with Gasteiger partial charge in [0.1, 0.15) is 0 Å². The van der Waals surface area contributed by atoms with Gasteiger partial charge < -0.3 is 5.32 Å². The Labute approximate surface area is 118 Å². The van der Waals surface area contributed by atoms with Gasteiger partial charge in [0.25, 0.3) is 0 Å². The van der Waals surface area contributed by atoms with E-state index in [4.69, 9.17) is 0 Å². The zero-order valence-electron chi connectivity index (χ0n) is 12.9. The van der Waals surface area contributed by atoms with Crippen LogP contribution in [-0.2, 0) is 0 Å². The summed E-state index contributed by atoms with van der Waals surface area (Å²) in [5.74, 6) is 0.921. The van der Waals surface area contributed by atoms with E-state index in [2.05, 4.69) is 37.1 Å². The van der Waals surface area contributed by atoms with Gasteiger partial charge in [-0.2, -0.15) is 0 Å². The molecule has 2 aliphatic carbocycles. The summed E-state index contributed by atoms with van der Waals surface area (Å²) in [4.78, 5) is 2.73. The van der Waals surface area contributed by atoms with E-state index in [1.165, 1.54) is 51.7 Å². The van der Waals surface area contributed by atoms with E-state index in [0.717, 1.165) is 18.0 Å². The van der Waals surface area contributed by atoms with Crippen LogP contribution in [0.2, 0.25) is 0 Å². The molecule has 1 heterocycles. The van der Waals surface area contributed by atoms with Gasteiger partial charge >= 0.3 is 0 Å². The van der Waals surface area contributed by atoms with Gasteiger partial charge in [0.05, 0.1) is 0 Å². The Bertz CT molecular complexity index is 349. The molecule has 3 rings (SSSR count). The molecule has 2 saturated carbocycles. The molecule has 2 nitrogen and oxygen atoms in total. The van der Waals surface area contributed by atoms with Gasteiger partial charge in [-0.1, -0.05) is 32.4 Å². The third-order valence-electron chi connectivity index (χ3n) is 5.30. The maximum atomic E-state index is 3.72. The molecule has 0 aromatic carbocycles. The second-order valence-electron chi connectivity index (χ2n) is 7.81. The molecular weight excluding hydrogens is 232 g/mol. The smallest absolute Gasteiger partial charge is 0.0169 e. The molecule has 1 aliphatic heterocycles. The van der Waals surface area contributed by atoms with Crippen LogP contribution in [0.1, 0.15) is 52.9 Å². The van der Waals surface area contributed by atoms with E-state index in [1.54, 1.807) is 5.57 Å². The fourth-order valence-electron chi connectivity index (χ4n) is 3.54. The van der Waals surface area contributed by atoms with Crippen molar-refractivity contribution in [2.24, 2.45) is 11.3 Å². The molecule has 0 saturated heterocycles. The lowest BCUT2D eigenvalue weighted by Crippen LogP contribution is -2.52. The summed E-state index contributed by atoms with van der Waals surface area (Å²) in [5, 5.41) is 3.72. The highest BCUT2D eigenvalue weighted by atomic mass is 15.2. The predicted octanol–water partition coefficient (Wildman–Crippen LogP) is 3.20. The monoisotopic (exact) mass is 262 g/mol. The molecule has 0 aromatic rings. The van der Waals surface area contributed by atoms with Crippen LogP contribution in [0, 0.1) is 11.3 Å². The van der Waals surface area contributed by atoms with Gasteiger partial charge in [0, 0.05) is 25.2 Å². The molecular formula is C17H30N2. The molecule has 2 unspecified atom stereocenters. The molecule has 2 heteroatoms. The Kier molecular flexibility index (Phi) is 3.74. The highest BCUT2D eigenvalue weighted by molar-refractivity contribution is 5.15. The summed E-state index contributed by atoms with van der Waals surface area (Å²) in [7, 11) is 0. The van der Waals surface area contributed by atoms with Crippen molar-refractivity contribution in [3.05, 3.63) is 11.6 Å². The van der Waals surface area contributed by atoms with Gasteiger partial charge in [0.2, 0.25) is 0 Å². The van der Waals surface area contributed by atoms with Gasteiger partial charge in [-0.25, -0.2) is 0 Å². The molecule has 2 fully saturated rings. The second-order valence-corrected chi connectivity index (χ2v) is 7.81. The van der Waals surface area contributed by atoms with E-state index in [1.807, 2.05) is 0 Å². The number of nitrogens with one attached hydrogen (secondary N) is 1. The van der Waals surface area contributed by atoms with Crippen molar-refractivity contribution in [1.82, 2.24) is 10.2 Å². The van der Waals surface area contributed by atoms with Crippen molar-refractivity contribution in [3.63, 3.8) is 0 Å². The van der Waals surface area contributed by atoms with Gasteiger partial charge in [-0.05, 0) is 50.0 Å². The molecule has 2 atom stereocenters. The molecule has 0 bridgehead atoms. The standard InChI is InChI=1S/C17H30N2/c1-17(2,3)14-8-10-19(11-9-14)16-7-4-13(16)12-18-15-5-6-15/h8,13,15-16,18H,4-7,9-12H2,1-3H3. The van der Waals surface area contributed by atoms with Crippen LogP contribution in [0.25, 0.3) is 0 Å². The quantitative estimate of drug-likeness (QED) is 0.783. The van der Waals surface area contributed by atoms with Crippen molar-refractivity contribution in [2.75, 3.05) is 19.6 Å². The van der Waals surface area contributed by atoms with Gasteiger partial charge in [-0.3, -0.25) is 4.90 Å². The molecule has 0 radical (unpaired) electrons. The Morgan fingerprint density at radius 1 is 1.21 bits per heavy atom. The first-order valence-corrected chi connectivity index (χ1v) is 8.21. The number of nitrogens with zero attached hydrogens (tertiary/aromatic N) is 1. The fourth-order valence-corrected chi connectivity index (χ4v) is 3.54. The third-order valence-corrected chi connectivity index (χ3v) is 5.30. The minimum atomic E-state index is 0.374. The minimum Gasteiger partial charge on any atom is -0.314 e. The number of rotatable bonds is 4. The van der Waals surface area contributed by atoms with Crippen LogP contribution < -0.4 is 5.32 Å². The summed E-state index contributed by atoms with van der Waals surface area (Å²) >= 11 is 0. The SMILES string of the molecule is CC(C)(C)C1=CCN(C2CCC2CNC2CC2)CC1. The van der Waals surface area contributed by atoms with E-state index < -0.39 is 0 Å². The van der Waals surface area contributed by atoms with Gasteiger partial charge in [-0.15, -0.1) is 0 Å². The van der Waals surface area contributed by atoms with Crippen molar-refractivity contribution < 1.29 is 0 Å². The first-order chi connectivity index (χ1) is 9.04. The zero-order valence-corrected chi connectivity index (χ0v) is 12.9. The second kappa shape index (κ2) is 5.21. The summed E-state index contributed by atoms with van der Waals surface area (Å²) in [6, 6.07) is 1.74. The molecule has 1 N–H and O–H groups in total. The van der Waals surface area contributed by atoms with Crippen LogP contribution in [0.4, 0.5) is 0 Å². The Morgan fingerprint density at radius 2 is 2.00 bits per heavy atom. The largest absolute Gasteiger partial charge is 0.314 e. The molecule has 0 spiro atoms. The lowest BCUT2D eigenvalue weighted by Gasteiger charge is -2.46. The third kappa shape index (κ3) is 3.22. The van der Waals surface area contributed by atoms with E-state index in [0.29, 0.717) is 5.41 Å². The van der Waals surface area contributed by atoms with Crippen molar-refractivity contribution >= 4 is 0 Å². The summed E-state index contributed by atoms with van der Waals surface area (Å²) in [5.41, 5.74) is 2.04. The highest BCUT2D eigenvalue weighted by Gasteiger charge is 2.37. The van der Waals surface area contributed by atoms with Crippen molar-refractivity contribution in [2.45, 2.75) is 65.0 Å². The first-order valence-electron chi connectivity index (χ1n) is 8.21. The fraction of sp³-hybridized carbons (Fsp3) is 0.882. The maximum absolute atomic E-state index is 3.72. The van der Waals surface area contributed by atoms with Crippen molar-refractivity contribution in [3.8, 4) is 0 Å². The molecule has 3 aliphatic rings. The van der Waals surface area contributed by atoms with Crippen LogP contribution in [0.5, 0.6) is 0 Å². The lowest BCUT2D eigenvalue weighted by molar-refractivity contribution is 0.0664. The average molecular weight is 262 g/mol. The van der Waals surface area contributed by atoms with Crippen LogP contribution >= 0.6 is 0 Å².